The van der Waals surface area contributed by atoms with E-state index in [9.17, 15) is 4.79 Å². The summed E-state index contributed by atoms with van der Waals surface area (Å²) < 4.78 is 6.77. The normalized spacial score (nSPS) is 28.4. The van der Waals surface area contributed by atoms with Gasteiger partial charge >= 0.3 is 6.03 Å². The number of hydrogen-bond donors (Lipinski definition) is 1. The van der Waals surface area contributed by atoms with Gasteiger partial charge in [0.15, 0.2) is 5.13 Å². The number of ether oxygens (including phenoxy) is 1. The Balaban J connectivity index is 1.54. The molecule has 2 fully saturated rings. The van der Waals surface area contributed by atoms with Crippen molar-refractivity contribution in [2.45, 2.75) is 37.4 Å². The fraction of sp³-hybridized carbons (Fsp3) is 0.529. The summed E-state index contributed by atoms with van der Waals surface area (Å²) in [6, 6.07) is 5.02. The third-order valence-corrected chi connectivity index (χ3v) is 6.54. The van der Waals surface area contributed by atoms with Crippen LogP contribution in [0.5, 0.6) is 5.75 Å². The van der Waals surface area contributed by atoms with E-state index in [1.807, 2.05) is 11.0 Å². The Kier molecular flexibility index (Phi) is 3.06. The van der Waals surface area contributed by atoms with Gasteiger partial charge in [-0.1, -0.05) is 11.3 Å². The molecule has 1 saturated carbocycles. The number of benzene rings is 1. The monoisotopic (exact) mass is 344 g/mol. The predicted molar refractivity (Wildman–Crippen MR) is 94.1 cm³/mol. The Morgan fingerprint density at radius 1 is 1.38 bits per heavy atom. The van der Waals surface area contributed by atoms with Crippen LogP contribution in [0.1, 0.15) is 18.4 Å². The number of thiazole rings is 1. The number of rotatable bonds is 2. The van der Waals surface area contributed by atoms with Gasteiger partial charge < -0.3 is 15.0 Å². The first-order chi connectivity index (χ1) is 11.6. The second-order valence-corrected chi connectivity index (χ2v) is 8.08. The minimum absolute atomic E-state index is 0.00541. The zero-order valence-corrected chi connectivity index (χ0v) is 14.6. The Labute approximate surface area is 144 Å². The molecule has 126 valence electrons. The zero-order valence-electron chi connectivity index (χ0n) is 13.8. The maximum Gasteiger partial charge on any atom is 0.324 e. The standard InChI is InChI=1S/C17H20N4O2S/c1-20(2)9-7-11-12(8-9)21(16(22)18-11)17-19-15-10-5-6-23-13(10)3-4-14(15)24-17/h3-4,9,11-12H,5-8H2,1-2H3,(H,18,22). The fourth-order valence-electron chi connectivity index (χ4n) is 4.22. The molecule has 1 N–H and O–H groups in total. The molecule has 7 heteroatoms. The first-order valence-electron chi connectivity index (χ1n) is 8.43. The van der Waals surface area contributed by atoms with E-state index in [4.69, 9.17) is 9.72 Å². The molecule has 5 rings (SSSR count). The van der Waals surface area contributed by atoms with E-state index in [-0.39, 0.29) is 18.1 Å². The summed E-state index contributed by atoms with van der Waals surface area (Å²) >= 11 is 1.61. The molecule has 3 heterocycles. The first kappa shape index (κ1) is 14.5. The van der Waals surface area contributed by atoms with Gasteiger partial charge in [-0.25, -0.2) is 9.78 Å². The van der Waals surface area contributed by atoms with Crippen LogP contribution in [-0.4, -0.2) is 54.7 Å². The van der Waals surface area contributed by atoms with Crippen molar-refractivity contribution in [1.82, 2.24) is 15.2 Å². The number of anilines is 1. The van der Waals surface area contributed by atoms with Crippen molar-refractivity contribution >= 4 is 32.7 Å². The lowest BCUT2D eigenvalue weighted by Crippen LogP contribution is -2.36. The summed E-state index contributed by atoms with van der Waals surface area (Å²) in [5.74, 6) is 0.941. The van der Waals surface area contributed by atoms with Crippen LogP contribution in [-0.2, 0) is 6.42 Å². The van der Waals surface area contributed by atoms with Gasteiger partial charge in [0.05, 0.1) is 28.9 Å². The maximum atomic E-state index is 12.5. The van der Waals surface area contributed by atoms with Crippen LogP contribution in [0, 0.1) is 0 Å². The van der Waals surface area contributed by atoms with Crippen molar-refractivity contribution in [1.29, 1.82) is 0 Å². The molecule has 6 nitrogen and oxygen atoms in total. The summed E-state index contributed by atoms with van der Waals surface area (Å²) in [5.41, 5.74) is 2.19. The molecule has 1 aromatic heterocycles. The van der Waals surface area contributed by atoms with E-state index >= 15 is 0 Å². The van der Waals surface area contributed by atoms with Crippen LogP contribution in [0.3, 0.4) is 0 Å². The average Bonchev–Trinajstić information content (AvgIpc) is 3.26. The van der Waals surface area contributed by atoms with Crippen LogP contribution in [0.2, 0.25) is 0 Å². The highest BCUT2D eigenvalue weighted by Crippen LogP contribution is 2.41. The van der Waals surface area contributed by atoms with Crippen LogP contribution in [0.25, 0.3) is 10.2 Å². The summed E-state index contributed by atoms with van der Waals surface area (Å²) in [7, 11) is 4.22. The highest BCUT2D eigenvalue weighted by Gasteiger charge is 2.48. The molecule has 3 unspecified atom stereocenters. The summed E-state index contributed by atoms with van der Waals surface area (Å²) in [6.45, 7) is 0.723. The minimum atomic E-state index is -0.00541. The lowest BCUT2D eigenvalue weighted by molar-refractivity contribution is 0.245. The first-order valence-corrected chi connectivity index (χ1v) is 9.25. The van der Waals surface area contributed by atoms with Crippen LogP contribution >= 0.6 is 11.3 Å². The van der Waals surface area contributed by atoms with E-state index in [1.54, 1.807) is 11.3 Å². The fourth-order valence-corrected chi connectivity index (χ4v) is 5.27. The quantitative estimate of drug-likeness (QED) is 0.908. The van der Waals surface area contributed by atoms with Gasteiger partial charge in [-0.05, 0) is 39.1 Å². The van der Waals surface area contributed by atoms with Gasteiger partial charge in [-0.15, -0.1) is 0 Å². The molecule has 3 atom stereocenters. The lowest BCUT2D eigenvalue weighted by Gasteiger charge is -2.22. The molecule has 0 bridgehead atoms. The molecular formula is C17H20N4O2S. The van der Waals surface area contributed by atoms with Gasteiger partial charge in [0.25, 0.3) is 0 Å². The van der Waals surface area contributed by atoms with E-state index < -0.39 is 0 Å². The number of nitrogens with one attached hydrogen (secondary N) is 1. The molecule has 0 radical (unpaired) electrons. The Morgan fingerprint density at radius 3 is 3.08 bits per heavy atom. The molecule has 1 aliphatic carbocycles. The summed E-state index contributed by atoms with van der Waals surface area (Å²) in [6.07, 6.45) is 2.90. The van der Waals surface area contributed by atoms with Crippen LogP contribution < -0.4 is 15.0 Å². The summed E-state index contributed by atoms with van der Waals surface area (Å²) in [5, 5.41) is 3.96. The van der Waals surface area contributed by atoms with Gasteiger partial charge in [0.2, 0.25) is 0 Å². The molecule has 1 aromatic carbocycles. The minimum Gasteiger partial charge on any atom is -0.493 e. The topological polar surface area (TPSA) is 57.7 Å². The Bertz CT molecular complexity index is 833. The third-order valence-electron chi connectivity index (χ3n) is 5.52. The second-order valence-electron chi connectivity index (χ2n) is 7.07. The van der Waals surface area contributed by atoms with Crippen molar-refractivity contribution in [3.05, 3.63) is 17.7 Å². The SMILES string of the molecule is CN(C)C1CC2NC(=O)N(c3nc4c5c(ccc4s3)OCC5)C2C1. The maximum absolute atomic E-state index is 12.5. The molecule has 2 amide bonds. The number of amides is 2. The Morgan fingerprint density at radius 2 is 2.25 bits per heavy atom. The van der Waals surface area contributed by atoms with Gasteiger partial charge in [0.1, 0.15) is 5.75 Å². The third kappa shape index (κ3) is 1.97. The number of carbonyl (C=O) groups excluding carboxylic acids is 1. The average molecular weight is 344 g/mol. The predicted octanol–water partition coefficient (Wildman–Crippen LogP) is 2.22. The summed E-state index contributed by atoms with van der Waals surface area (Å²) in [4.78, 5) is 21.5. The zero-order chi connectivity index (χ0) is 16.4. The van der Waals surface area contributed by atoms with Gasteiger partial charge in [-0.2, -0.15) is 0 Å². The number of nitrogens with zero attached hydrogens (tertiary/aromatic N) is 3. The molecule has 1 saturated heterocycles. The van der Waals surface area contributed by atoms with Crippen molar-refractivity contribution in [3.63, 3.8) is 0 Å². The Hall–Kier alpha value is -1.86. The van der Waals surface area contributed by atoms with Crippen molar-refractivity contribution in [3.8, 4) is 5.75 Å². The van der Waals surface area contributed by atoms with Crippen LogP contribution in [0.4, 0.5) is 9.93 Å². The van der Waals surface area contributed by atoms with Gasteiger partial charge in [0, 0.05) is 18.0 Å². The molecule has 3 aliphatic rings. The molecular weight excluding hydrogens is 324 g/mol. The van der Waals surface area contributed by atoms with E-state index in [0.29, 0.717) is 6.04 Å². The van der Waals surface area contributed by atoms with Gasteiger partial charge in [-0.3, -0.25) is 4.90 Å². The molecule has 2 aromatic rings. The number of hydrogen-bond acceptors (Lipinski definition) is 5. The van der Waals surface area contributed by atoms with Crippen molar-refractivity contribution in [2.24, 2.45) is 0 Å². The van der Waals surface area contributed by atoms with Crippen molar-refractivity contribution < 1.29 is 9.53 Å². The number of fused-ring (bicyclic) bond motifs is 4. The van der Waals surface area contributed by atoms with E-state index in [2.05, 4.69) is 30.4 Å². The number of urea groups is 1. The van der Waals surface area contributed by atoms with Crippen LogP contribution in [0.15, 0.2) is 12.1 Å². The largest absolute Gasteiger partial charge is 0.493 e. The smallest absolute Gasteiger partial charge is 0.324 e. The highest BCUT2D eigenvalue weighted by atomic mass is 32.1. The molecule has 24 heavy (non-hydrogen) atoms. The molecule has 2 aliphatic heterocycles. The van der Waals surface area contributed by atoms with E-state index in [1.165, 1.54) is 5.56 Å². The molecule has 0 spiro atoms. The van der Waals surface area contributed by atoms with E-state index in [0.717, 1.165) is 47.0 Å². The number of carbonyl (C=O) groups is 1. The van der Waals surface area contributed by atoms with Crippen molar-refractivity contribution in [2.75, 3.05) is 25.6 Å². The lowest BCUT2D eigenvalue weighted by atomic mass is 10.1. The second kappa shape index (κ2) is 5.07. The highest BCUT2D eigenvalue weighted by molar-refractivity contribution is 7.22. The number of aromatic nitrogens is 1.